The van der Waals surface area contributed by atoms with Crippen LogP contribution in [-0.4, -0.2) is 30.0 Å². The highest BCUT2D eigenvalue weighted by atomic mass is 35.5. The lowest BCUT2D eigenvalue weighted by molar-refractivity contribution is 0.171. The molecule has 0 aromatic carbocycles. The average Bonchev–Trinajstić information content (AvgIpc) is 2.68. The van der Waals surface area contributed by atoms with Crippen molar-refractivity contribution in [2.24, 2.45) is 0 Å². The predicted octanol–water partition coefficient (Wildman–Crippen LogP) is 1.38. The van der Waals surface area contributed by atoms with E-state index in [4.69, 9.17) is 4.74 Å². The molecule has 2 rings (SSSR count). The van der Waals surface area contributed by atoms with Gasteiger partial charge in [0.1, 0.15) is 0 Å². The molecule has 0 unspecified atom stereocenters. The molecule has 86 valence electrons. The van der Waals surface area contributed by atoms with Crippen molar-refractivity contribution in [1.82, 2.24) is 15.1 Å². The number of rotatable bonds is 3. The van der Waals surface area contributed by atoms with Gasteiger partial charge in [-0.05, 0) is 32.0 Å². The third-order valence-electron chi connectivity index (χ3n) is 2.70. The Balaban J connectivity index is 0.00000112. The minimum atomic E-state index is 0. The van der Waals surface area contributed by atoms with Crippen LogP contribution >= 0.6 is 12.4 Å². The van der Waals surface area contributed by atoms with Gasteiger partial charge < -0.3 is 10.1 Å². The molecule has 0 bridgehead atoms. The first-order chi connectivity index (χ1) is 6.92. The quantitative estimate of drug-likeness (QED) is 0.854. The molecule has 2 heterocycles. The van der Waals surface area contributed by atoms with E-state index in [2.05, 4.69) is 15.1 Å². The Bertz CT molecular complexity index is 284. The van der Waals surface area contributed by atoms with Gasteiger partial charge >= 0.3 is 0 Å². The van der Waals surface area contributed by atoms with Crippen LogP contribution in [0.3, 0.4) is 0 Å². The molecule has 1 N–H and O–H groups in total. The van der Waals surface area contributed by atoms with Crippen LogP contribution in [-0.2, 0) is 11.3 Å². The monoisotopic (exact) mass is 231 g/mol. The molecule has 0 spiro atoms. The van der Waals surface area contributed by atoms with E-state index in [-0.39, 0.29) is 12.4 Å². The average molecular weight is 232 g/mol. The first-order valence-electron chi connectivity index (χ1n) is 5.14. The number of aromatic nitrogens is 2. The zero-order valence-corrected chi connectivity index (χ0v) is 9.80. The molecule has 1 aliphatic rings. The van der Waals surface area contributed by atoms with Crippen LogP contribution < -0.4 is 5.32 Å². The Morgan fingerprint density at radius 2 is 2.27 bits per heavy atom. The van der Waals surface area contributed by atoms with E-state index in [0.29, 0.717) is 12.6 Å². The smallest absolute Gasteiger partial charge is 0.0881 e. The van der Waals surface area contributed by atoms with Gasteiger partial charge in [0.15, 0.2) is 0 Å². The summed E-state index contributed by atoms with van der Waals surface area (Å²) in [7, 11) is 1.72. The first kappa shape index (κ1) is 12.5. The predicted molar refractivity (Wildman–Crippen MR) is 61.3 cm³/mol. The largest absolute Gasteiger partial charge is 0.378 e. The second-order valence-corrected chi connectivity index (χ2v) is 3.68. The molecule has 0 saturated carbocycles. The second kappa shape index (κ2) is 6.10. The topological polar surface area (TPSA) is 39.1 Å². The van der Waals surface area contributed by atoms with Crippen LogP contribution in [0.15, 0.2) is 12.3 Å². The molecular weight excluding hydrogens is 214 g/mol. The number of ether oxygens (including phenoxy) is 1. The Morgan fingerprint density at radius 3 is 2.93 bits per heavy atom. The van der Waals surface area contributed by atoms with E-state index in [1.54, 1.807) is 7.11 Å². The lowest BCUT2D eigenvalue weighted by Gasteiger charge is -2.24. The fourth-order valence-electron chi connectivity index (χ4n) is 1.98. The van der Waals surface area contributed by atoms with Gasteiger partial charge in [0.25, 0.3) is 0 Å². The van der Waals surface area contributed by atoms with Gasteiger partial charge in [0.2, 0.25) is 0 Å². The molecular formula is C10H18ClN3O. The Labute approximate surface area is 96.4 Å². The van der Waals surface area contributed by atoms with E-state index >= 15 is 0 Å². The van der Waals surface area contributed by atoms with Gasteiger partial charge in [0.05, 0.1) is 18.3 Å². The molecule has 1 aromatic rings. The molecule has 1 aromatic heterocycles. The third kappa shape index (κ3) is 2.93. The normalized spacial score (nSPS) is 17.4. The Hall–Kier alpha value is -0.580. The number of hydrogen-bond acceptors (Lipinski definition) is 3. The van der Waals surface area contributed by atoms with Crippen LogP contribution in [0.4, 0.5) is 0 Å². The summed E-state index contributed by atoms with van der Waals surface area (Å²) in [5.41, 5.74) is 1.18. The SMILES string of the molecule is COCc1ccnn1C1CCNCC1.Cl. The Kier molecular flexibility index (Phi) is 5.08. The number of piperidine rings is 1. The highest BCUT2D eigenvalue weighted by Gasteiger charge is 2.17. The van der Waals surface area contributed by atoms with Crippen molar-refractivity contribution in [3.05, 3.63) is 18.0 Å². The summed E-state index contributed by atoms with van der Waals surface area (Å²) in [5, 5.41) is 7.72. The fraction of sp³-hybridized carbons (Fsp3) is 0.700. The summed E-state index contributed by atoms with van der Waals surface area (Å²) in [4.78, 5) is 0. The van der Waals surface area contributed by atoms with Crippen LogP contribution in [0.2, 0.25) is 0 Å². The van der Waals surface area contributed by atoms with E-state index in [1.807, 2.05) is 12.3 Å². The number of hydrogen-bond donors (Lipinski definition) is 1. The maximum absolute atomic E-state index is 5.14. The summed E-state index contributed by atoms with van der Waals surface area (Å²) in [6.07, 6.45) is 4.19. The summed E-state index contributed by atoms with van der Waals surface area (Å²) in [6, 6.07) is 2.59. The summed E-state index contributed by atoms with van der Waals surface area (Å²) < 4.78 is 7.26. The molecule has 5 heteroatoms. The standard InChI is InChI=1S/C10H17N3O.ClH/c1-14-8-10-4-7-12-13(10)9-2-5-11-6-3-9;/h4,7,9,11H,2-3,5-6,8H2,1H3;1H. The van der Waals surface area contributed by atoms with E-state index in [9.17, 15) is 0 Å². The van der Waals surface area contributed by atoms with Crippen molar-refractivity contribution >= 4 is 12.4 Å². The zero-order chi connectivity index (χ0) is 9.80. The molecule has 1 saturated heterocycles. The highest BCUT2D eigenvalue weighted by molar-refractivity contribution is 5.85. The summed E-state index contributed by atoms with van der Waals surface area (Å²) in [5.74, 6) is 0. The van der Waals surface area contributed by atoms with Gasteiger partial charge in [-0.1, -0.05) is 0 Å². The molecule has 1 aliphatic heterocycles. The van der Waals surface area contributed by atoms with Gasteiger partial charge in [0, 0.05) is 13.3 Å². The molecule has 1 fully saturated rings. The minimum absolute atomic E-state index is 0. The van der Waals surface area contributed by atoms with Crippen LogP contribution in [0.25, 0.3) is 0 Å². The van der Waals surface area contributed by atoms with Crippen LogP contribution in [0.1, 0.15) is 24.6 Å². The lowest BCUT2D eigenvalue weighted by Crippen LogP contribution is -2.30. The van der Waals surface area contributed by atoms with Crippen molar-refractivity contribution in [3.8, 4) is 0 Å². The van der Waals surface area contributed by atoms with Crippen LogP contribution in [0, 0.1) is 0 Å². The minimum Gasteiger partial charge on any atom is -0.378 e. The first-order valence-corrected chi connectivity index (χ1v) is 5.14. The van der Waals surface area contributed by atoms with Gasteiger partial charge in [-0.3, -0.25) is 4.68 Å². The number of halogens is 1. The third-order valence-corrected chi connectivity index (χ3v) is 2.70. The van der Waals surface area contributed by atoms with E-state index < -0.39 is 0 Å². The van der Waals surface area contributed by atoms with Gasteiger partial charge in [-0.2, -0.15) is 5.10 Å². The summed E-state index contributed by atoms with van der Waals surface area (Å²) in [6.45, 7) is 2.85. The molecule has 0 radical (unpaired) electrons. The number of nitrogens with one attached hydrogen (secondary N) is 1. The highest BCUT2D eigenvalue weighted by Crippen LogP contribution is 2.19. The zero-order valence-electron chi connectivity index (χ0n) is 8.98. The molecule has 15 heavy (non-hydrogen) atoms. The lowest BCUT2D eigenvalue weighted by atomic mass is 10.1. The molecule has 0 amide bonds. The van der Waals surface area contributed by atoms with E-state index in [1.165, 1.54) is 18.5 Å². The number of nitrogens with zero attached hydrogens (tertiary/aromatic N) is 2. The fourth-order valence-corrected chi connectivity index (χ4v) is 1.98. The van der Waals surface area contributed by atoms with Crippen molar-refractivity contribution in [3.63, 3.8) is 0 Å². The molecule has 0 atom stereocenters. The van der Waals surface area contributed by atoms with Gasteiger partial charge in [-0.25, -0.2) is 0 Å². The molecule has 0 aliphatic carbocycles. The second-order valence-electron chi connectivity index (χ2n) is 3.68. The van der Waals surface area contributed by atoms with E-state index in [0.717, 1.165) is 13.1 Å². The van der Waals surface area contributed by atoms with Crippen molar-refractivity contribution in [2.75, 3.05) is 20.2 Å². The molecule has 4 nitrogen and oxygen atoms in total. The van der Waals surface area contributed by atoms with Crippen molar-refractivity contribution < 1.29 is 4.74 Å². The van der Waals surface area contributed by atoms with Gasteiger partial charge in [-0.15, -0.1) is 12.4 Å². The Morgan fingerprint density at radius 1 is 1.53 bits per heavy atom. The maximum atomic E-state index is 5.14. The van der Waals surface area contributed by atoms with Crippen LogP contribution in [0.5, 0.6) is 0 Å². The maximum Gasteiger partial charge on any atom is 0.0881 e. The van der Waals surface area contributed by atoms with Crippen molar-refractivity contribution in [2.45, 2.75) is 25.5 Å². The number of methoxy groups -OCH3 is 1. The van der Waals surface area contributed by atoms with Crippen molar-refractivity contribution in [1.29, 1.82) is 0 Å². The summed E-state index contributed by atoms with van der Waals surface area (Å²) >= 11 is 0.